The minimum atomic E-state index is -0.563. The van der Waals surface area contributed by atoms with E-state index in [1.54, 1.807) is 23.9 Å². The molecule has 0 unspecified atom stereocenters. The van der Waals surface area contributed by atoms with E-state index < -0.39 is 5.91 Å². The summed E-state index contributed by atoms with van der Waals surface area (Å²) in [6, 6.07) is 11.5. The largest absolute Gasteiger partial charge is 0.380 e. The molecule has 0 aliphatic rings. The molecule has 0 spiro atoms. The molecule has 0 radical (unpaired) electrons. The molecule has 1 aromatic carbocycles. The molecule has 1 aromatic heterocycles. The van der Waals surface area contributed by atoms with Gasteiger partial charge in [-0.05, 0) is 29.3 Å². The highest BCUT2D eigenvalue weighted by Crippen LogP contribution is 2.17. The number of para-hydroxylation sites is 1. The molecule has 1 heterocycles. The predicted octanol–water partition coefficient (Wildman–Crippen LogP) is 2.21. The monoisotopic (exact) mass is 269 g/mol. The molecule has 0 fully saturated rings. The van der Waals surface area contributed by atoms with E-state index >= 15 is 0 Å². The molecule has 3 N–H and O–H groups in total. The summed E-state index contributed by atoms with van der Waals surface area (Å²) in [5.41, 5.74) is 4.39. The molecule has 0 atom stereocenters. The van der Waals surface area contributed by atoms with Crippen LogP contribution in [0.15, 0.2) is 54.9 Å². The van der Waals surface area contributed by atoms with E-state index in [0.717, 1.165) is 16.8 Å². The number of anilines is 1. The van der Waals surface area contributed by atoms with Crippen molar-refractivity contribution in [2.24, 2.45) is 0 Å². The Morgan fingerprint density at radius 3 is 2.85 bits per heavy atom. The lowest BCUT2D eigenvalue weighted by Gasteiger charge is -2.09. The van der Waals surface area contributed by atoms with E-state index in [0.29, 0.717) is 6.54 Å². The number of hydrogen-bond donors (Lipinski definition) is 3. The molecule has 0 aliphatic carbocycles. The van der Waals surface area contributed by atoms with Gasteiger partial charge in [-0.3, -0.25) is 15.0 Å². The van der Waals surface area contributed by atoms with Gasteiger partial charge in [-0.25, -0.2) is 5.48 Å². The summed E-state index contributed by atoms with van der Waals surface area (Å²) in [5.74, 6) is -0.563. The van der Waals surface area contributed by atoms with Gasteiger partial charge in [0.2, 0.25) is 0 Å². The zero-order valence-electron chi connectivity index (χ0n) is 10.8. The minimum Gasteiger partial charge on any atom is -0.380 e. The average Bonchev–Trinajstić information content (AvgIpc) is 2.52. The molecule has 20 heavy (non-hydrogen) atoms. The Balaban J connectivity index is 2.08. The van der Waals surface area contributed by atoms with Crippen LogP contribution >= 0.6 is 0 Å². The van der Waals surface area contributed by atoms with E-state index in [-0.39, 0.29) is 0 Å². The number of nitrogens with one attached hydrogen (secondary N) is 2. The molecular formula is C15H15N3O2. The highest BCUT2D eigenvalue weighted by Gasteiger charge is 1.99. The van der Waals surface area contributed by atoms with Crippen LogP contribution in [-0.2, 0) is 11.3 Å². The van der Waals surface area contributed by atoms with Crippen LogP contribution in [0.1, 0.15) is 11.1 Å². The number of rotatable bonds is 5. The number of aromatic nitrogens is 1. The van der Waals surface area contributed by atoms with Gasteiger partial charge in [0.05, 0.1) is 0 Å². The Kier molecular flexibility index (Phi) is 4.86. The van der Waals surface area contributed by atoms with Gasteiger partial charge in [0, 0.05) is 30.7 Å². The van der Waals surface area contributed by atoms with Crippen LogP contribution in [0.25, 0.3) is 6.08 Å². The van der Waals surface area contributed by atoms with Gasteiger partial charge in [-0.2, -0.15) is 0 Å². The van der Waals surface area contributed by atoms with E-state index in [1.165, 1.54) is 6.08 Å². The number of carbonyl (C=O) groups is 1. The molecule has 102 valence electrons. The summed E-state index contributed by atoms with van der Waals surface area (Å²) < 4.78 is 0. The standard InChI is InChI=1S/C15H15N3O2/c19-15(18-20)8-7-13-5-1-2-6-14(13)17-11-12-4-3-9-16-10-12/h1-10,17,20H,11H2,(H,18,19)/b8-7+. The number of carbonyl (C=O) groups excluding carboxylic acids is 1. The molecule has 1 amide bonds. The van der Waals surface area contributed by atoms with Crippen molar-refractivity contribution in [3.8, 4) is 0 Å². The van der Waals surface area contributed by atoms with Crippen molar-refractivity contribution < 1.29 is 10.0 Å². The second-order valence-electron chi connectivity index (χ2n) is 4.11. The van der Waals surface area contributed by atoms with Crippen LogP contribution in [0, 0.1) is 0 Å². The third-order valence-electron chi connectivity index (χ3n) is 2.69. The van der Waals surface area contributed by atoms with Crippen molar-refractivity contribution in [2.75, 3.05) is 5.32 Å². The maximum atomic E-state index is 11.0. The van der Waals surface area contributed by atoms with Crippen LogP contribution in [0.5, 0.6) is 0 Å². The summed E-state index contributed by atoms with van der Waals surface area (Å²) in [7, 11) is 0. The first kappa shape index (κ1) is 13.8. The molecule has 0 aliphatic heterocycles. The van der Waals surface area contributed by atoms with Crippen molar-refractivity contribution in [3.05, 3.63) is 66.0 Å². The number of pyridine rings is 1. The van der Waals surface area contributed by atoms with E-state index in [4.69, 9.17) is 5.21 Å². The molecule has 0 saturated carbocycles. The second-order valence-corrected chi connectivity index (χ2v) is 4.11. The number of nitrogens with zero attached hydrogens (tertiary/aromatic N) is 1. The number of hydrogen-bond acceptors (Lipinski definition) is 4. The molecule has 0 bridgehead atoms. The Labute approximate surface area is 116 Å². The van der Waals surface area contributed by atoms with E-state index in [1.807, 2.05) is 36.4 Å². The molecule has 5 heteroatoms. The van der Waals surface area contributed by atoms with Gasteiger partial charge in [-0.1, -0.05) is 24.3 Å². The zero-order valence-corrected chi connectivity index (χ0v) is 10.8. The lowest BCUT2D eigenvalue weighted by molar-refractivity contribution is -0.124. The molecular weight excluding hydrogens is 254 g/mol. The maximum absolute atomic E-state index is 11.0. The van der Waals surface area contributed by atoms with Crippen molar-refractivity contribution in [1.29, 1.82) is 0 Å². The lowest BCUT2D eigenvalue weighted by Crippen LogP contribution is -2.14. The topological polar surface area (TPSA) is 74.2 Å². The third kappa shape index (κ3) is 3.93. The van der Waals surface area contributed by atoms with Crippen LogP contribution in [0.4, 0.5) is 5.69 Å². The third-order valence-corrected chi connectivity index (χ3v) is 2.69. The zero-order chi connectivity index (χ0) is 14.2. The number of benzene rings is 1. The quantitative estimate of drug-likeness (QED) is 0.442. The van der Waals surface area contributed by atoms with E-state index in [9.17, 15) is 4.79 Å². The van der Waals surface area contributed by atoms with Gasteiger partial charge < -0.3 is 5.32 Å². The first-order chi connectivity index (χ1) is 9.79. The summed E-state index contributed by atoms with van der Waals surface area (Å²) in [6.07, 6.45) is 6.43. The van der Waals surface area contributed by atoms with Gasteiger partial charge in [0.15, 0.2) is 0 Å². The molecule has 2 aromatic rings. The van der Waals surface area contributed by atoms with Crippen LogP contribution < -0.4 is 10.8 Å². The first-order valence-electron chi connectivity index (χ1n) is 6.13. The predicted molar refractivity (Wildman–Crippen MR) is 77.0 cm³/mol. The normalized spacial score (nSPS) is 10.4. The van der Waals surface area contributed by atoms with Crippen molar-refractivity contribution in [3.63, 3.8) is 0 Å². The molecule has 2 rings (SSSR count). The number of hydroxylamine groups is 1. The summed E-state index contributed by atoms with van der Waals surface area (Å²) in [6.45, 7) is 0.644. The fourth-order valence-corrected chi connectivity index (χ4v) is 1.71. The first-order valence-corrected chi connectivity index (χ1v) is 6.13. The Bertz CT molecular complexity index is 597. The second kappa shape index (κ2) is 7.06. The summed E-state index contributed by atoms with van der Waals surface area (Å²) in [5, 5.41) is 11.7. The highest BCUT2D eigenvalue weighted by atomic mass is 16.5. The smallest absolute Gasteiger partial charge is 0.267 e. The fraction of sp³-hybridized carbons (Fsp3) is 0.0667. The molecule has 5 nitrogen and oxygen atoms in total. The van der Waals surface area contributed by atoms with Gasteiger partial charge in [0.1, 0.15) is 0 Å². The fourth-order valence-electron chi connectivity index (χ4n) is 1.71. The summed E-state index contributed by atoms with van der Waals surface area (Å²) >= 11 is 0. The Hall–Kier alpha value is -2.66. The molecule has 0 saturated heterocycles. The van der Waals surface area contributed by atoms with Gasteiger partial charge >= 0.3 is 0 Å². The Morgan fingerprint density at radius 1 is 1.25 bits per heavy atom. The van der Waals surface area contributed by atoms with Crippen molar-refractivity contribution in [2.45, 2.75) is 6.54 Å². The van der Waals surface area contributed by atoms with Crippen molar-refractivity contribution >= 4 is 17.7 Å². The SMILES string of the molecule is O=C(/C=C/c1ccccc1NCc1cccnc1)NO. The highest BCUT2D eigenvalue weighted by molar-refractivity contribution is 5.91. The minimum absolute atomic E-state index is 0.563. The van der Waals surface area contributed by atoms with Gasteiger partial charge in [0.25, 0.3) is 5.91 Å². The Morgan fingerprint density at radius 2 is 2.10 bits per heavy atom. The van der Waals surface area contributed by atoms with Crippen LogP contribution in [0.3, 0.4) is 0 Å². The number of amides is 1. The summed E-state index contributed by atoms with van der Waals surface area (Å²) in [4.78, 5) is 15.1. The average molecular weight is 269 g/mol. The van der Waals surface area contributed by atoms with Crippen LogP contribution in [-0.4, -0.2) is 16.1 Å². The van der Waals surface area contributed by atoms with Crippen LogP contribution in [0.2, 0.25) is 0 Å². The van der Waals surface area contributed by atoms with E-state index in [2.05, 4.69) is 10.3 Å². The van der Waals surface area contributed by atoms with Gasteiger partial charge in [-0.15, -0.1) is 0 Å². The lowest BCUT2D eigenvalue weighted by atomic mass is 10.1. The van der Waals surface area contributed by atoms with Crippen molar-refractivity contribution in [1.82, 2.24) is 10.5 Å². The maximum Gasteiger partial charge on any atom is 0.267 e.